The lowest BCUT2D eigenvalue weighted by Crippen LogP contribution is -2.42. The Labute approximate surface area is 124 Å². The first-order valence-electron chi connectivity index (χ1n) is 6.62. The Morgan fingerprint density at radius 3 is 2.29 bits per heavy atom. The zero-order valence-corrected chi connectivity index (χ0v) is 13.0. The van der Waals surface area contributed by atoms with Gasteiger partial charge in [-0.2, -0.15) is 0 Å². The molecule has 0 aromatic heterocycles. The molecule has 21 heavy (non-hydrogen) atoms. The van der Waals surface area contributed by atoms with Crippen LogP contribution in [0.4, 0.5) is 4.79 Å². The Bertz CT molecular complexity index is 503. The van der Waals surface area contributed by atoms with E-state index in [4.69, 9.17) is 9.47 Å². The summed E-state index contributed by atoms with van der Waals surface area (Å²) in [6.07, 6.45) is -0.565. The second kappa shape index (κ2) is 6.97. The summed E-state index contributed by atoms with van der Waals surface area (Å²) in [6, 6.07) is 6.50. The second-order valence-corrected chi connectivity index (χ2v) is 5.58. The molecule has 1 atom stereocenters. The highest BCUT2D eigenvalue weighted by molar-refractivity contribution is 6.05. The lowest BCUT2D eigenvalue weighted by Gasteiger charge is -2.22. The predicted octanol–water partition coefficient (Wildman–Crippen LogP) is 2.79. The standard InChI is InChI=1S/C15H22N2O4/c1-10(16-14(18)21-15(2,3)4)13(17-19)11-6-8-12(20-5)9-7-11/h6-10,19H,1-5H3,(H,16,18)/b17-13-/t10-/m0/s1. The highest BCUT2D eigenvalue weighted by atomic mass is 16.6. The molecule has 1 rings (SSSR count). The van der Waals surface area contributed by atoms with Gasteiger partial charge in [0.1, 0.15) is 17.1 Å². The lowest BCUT2D eigenvalue weighted by molar-refractivity contribution is 0.0521. The monoisotopic (exact) mass is 294 g/mol. The maximum absolute atomic E-state index is 11.7. The number of rotatable bonds is 4. The van der Waals surface area contributed by atoms with E-state index in [2.05, 4.69) is 10.5 Å². The predicted molar refractivity (Wildman–Crippen MR) is 80.1 cm³/mol. The highest BCUT2D eigenvalue weighted by Crippen LogP contribution is 2.14. The SMILES string of the molecule is COc1ccc(/C(=N\O)[C@H](C)NC(=O)OC(C)(C)C)cc1. The van der Waals surface area contributed by atoms with E-state index in [1.54, 1.807) is 59.1 Å². The van der Waals surface area contributed by atoms with Crippen LogP contribution in [0.5, 0.6) is 5.75 Å². The van der Waals surface area contributed by atoms with Crippen LogP contribution in [-0.2, 0) is 4.74 Å². The Kier molecular flexibility index (Phi) is 5.58. The van der Waals surface area contributed by atoms with Gasteiger partial charge in [0, 0.05) is 5.56 Å². The number of nitrogens with one attached hydrogen (secondary N) is 1. The molecular formula is C15H22N2O4. The molecule has 0 saturated carbocycles. The largest absolute Gasteiger partial charge is 0.497 e. The Morgan fingerprint density at radius 1 is 1.29 bits per heavy atom. The quantitative estimate of drug-likeness (QED) is 0.508. The van der Waals surface area contributed by atoms with Crippen molar-refractivity contribution in [2.45, 2.75) is 39.3 Å². The summed E-state index contributed by atoms with van der Waals surface area (Å²) in [5.74, 6) is 0.698. The van der Waals surface area contributed by atoms with Gasteiger partial charge in [0.15, 0.2) is 0 Å². The number of nitrogens with zero attached hydrogens (tertiary/aromatic N) is 1. The van der Waals surface area contributed by atoms with Crippen molar-refractivity contribution >= 4 is 11.8 Å². The summed E-state index contributed by atoms with van der Waals surface area (Å²) in [6.45, 7) is 7.05. The Balaban J connectivity index is 2.77. The number of ether oxygens (including phenoxy) is 2. The topological polar surface area (TPSA) is 80.2 Å². The third kappa shape index (κ3) is 5.33. The molecule has 0 heterocycles. The maximum atomic E-state index is 11.7. The number of methoxy groups -OCH3 is 1. The molecule has 0 radical (unpaired) electrons. The molecular weight excluding hydrogens is 272 g/mol. The van der Waals surface area contributed by atoms with Crippen molar-refractivity contribution in [3.05, 3.63) is 29.8 Å². The van der Waals surface area contributed by atoms with Gasteiger partial charge in [-0.3, -0.25) is 0 Å². The van der Waals surface area contributed by atoms with E-state index in [-0.39, 0.29) is 0 Å². The molecule has 2 N–H and O–H groups in total. The molecule has 0 spiro atoms. The average Bonchev–Trinajstić information content (AvgIpc) is 2.38. The van der Waals surface area contributed by atoms with Gasteiger partial charge in [0.25, 0.3) is 0 Å². The molecule has 6 heteroatoms. The zero-order valence-electron chi connectivity index (χ0n) is 13.0. The van der Waals surface area contributed by atoms with Gasteiger partial charge in [-0.15, -0.1) is 0 Å². The van der Waals surface area contributed by atoms with Crippen molar-refractivity contribution in [2.24, 2.45) is 5.16 Å². The molecule has 6 nitrogen and oxygen atoms in total. The van der Waals surface area contributed by atoms with Gasteiger partial charge in [0.2, 0.25) is 0 Å². The first kappa shape index (κ1) is 16.8. The maximum Gasteiger partial charge on any atom is 0.408 e. The first-order chi connectivity index (χ1) is 9.76. The number of benzene rings is 1. The van der Waals surface area contributed by atoms with Crippen LogP contribution in [0.3, 0.4) is 0 Å². The van der Waals surface area contributed by atoms with Crippen LogP contribution in [-0.4, -0.2) is 35.8 Å². The minimum Gasteiger partial charge on any atom is -0.497 e. The molecule has 1 aromatic carbocycles. The smallest absolute Gasteiger partial charge is 0.408 e. The Hall–Kier alpha value is -2.24. The number of carbonyl (C=O) groups excluding carboxylic acids is 1. The average molecular weight is 294 g/mol. The molecule has 0 saturated heterocycles. The van der Waals surface area contributed by atoms with E-state index in [9.17, 15) is 10.0 Å². The second-order valence-electron chi connectivity index (χ2n) is 5.58. The van der Waals surface area contributed by atoms with Crippen LogP contribution in [0, 0.1) is 0 Å². The molecule has 1 aromatic rings. The van der Waals surface area contributed by atoms with Crippen molar-refractivity contribution < 1.29 is 19.5 Å². The molecule has 0 unspecified atom stereocenters. The molecule has 0 bridgehead atoms. The molecule has 0 aliphatic rings. The van der Waals surface area contributed by atoms with E-state index >= 15 is 0 Å². The van der Waals surface area contributed by atoms with Gasteiger partial charge in [-0.1, -0.05) is 5.16 Å². The van der Waals surface area contributed by atoms with E-state index in [1.807, 2.05) is 0 Å². The van der Waals surface area contributed by atoms with Crippen LogP contribution in [0.2, 0.25) is 0 Å². The molecule has 0 aliphatic carbocycles. The third-order valence-corrected chi connectivity index (χ3v) is 2.64. The number of carbonyl (C=O) groups is 1. The fraction of sp³-hybridized carbons (Fsp3) is 0.467. The van der Waals surface area contributed by atoms with E-state index < -0.39 is 17.7 Å². The summed E-state index contributed by atoms with van der Waals surface area (Å²) in [7, 11) is 1.57. The van der Waals surface area contributed by atoms with Gasteiger partial charge < -0.3 is 20.0 Å². The molecule has 0 aliphatic heterocycles. The van der Waals surface area contributed by atoms with Gasteiger partial charge in [-0.25, -0.2) is 4.79 Å². The fourth-order valence-electron chi connectivity index (χ4n) is 1.71. The minimum absolute atomic E-state index is 0.337. The van der Waals surface area contributed by atoms with E-state index in [0.29, 0.717) is 17.0 Å². The zero-order chi connectivity index (χ0) is 16.0. The Morgan fingerprint density at radius 2 is 1.86 bits per heavy atom. The van der Waals surface area contributed by atoms with Gasteiger partial charge >= 0.3 is 6.09 Å². The summed E-state index contributed by atoms with van der Waals surface area (Å²) in [5, 5.41) is 15.1. The lowest BCUT2D eigenvalue weighted by atomic mass is 10.0. The van der Waals surface area contributed by atoms with Gasteiger partial charge in [0.05, 0.1) is 13.2 Å². The molecule has 0 fully saturated rings. The van der Waals surface area contributed by atoms with Crippen molar-refractivity contribution in [3.63, 3.8) is 0 Å². The summed E-state index contributed by atoms with van der Waals surface area (Å²) < 4.78 is 10.2. The van der Waals surface area contributed by atoms with Gasteiger partial charge in [-0.05, 0) is 52.0 Å². The van der Waals surface area contributed by atoms with Crippen molar-refractivity contribution in [3.8, 4) is 5.75 Å². The van der Waals surface area contributed by atoms with Crippen molar-refractivity contribution in [1.82, 2.24) is 5.32 Å². The van der Waals surface area contributed by atoms with Crippen molar-refractivity contribution in [1.29, 1.82) is 0 Å². The number of hydrogen-bond donors (Lipinski definition) is 2. The highest BCUT2D eigenvalue weighted by Gasteiger charge is 2.21. The fourth-order valence-corrected chi connectivity index (χ4v) is 1.71. The third-order valence-electron chi connectivity index (χ3n) is 2.64. The summed E-state index contributed by atoms with van der Waals surface area (Å²) in [5.41, 5.74) is 0.436. The number of hydrogen-bond acceptors (Lipinski definition) is 5. The van der Waals surface area contributed by atoms with Crippen LogP contribution in [0.25, 0.3) is 0 Å². The molecule has 1 amide bonds. The summed E-state index contributed by atoms with van der Waals surface area (Å²) in [4.78, 5) is 11.7. The van der Waals surface area contributed by atoms with E-state index in [1.165, 1.54) is 0 Å². The van der Waals surface area contributed by atoms with E-state index in [0.717, 1.165) is 0 Å². The van der Waals surface area contributed by atoms with Crippen molar-refractivity contribution in [2.75, 3.05) is 7.11 Å². The number of oxime groups is 1. The number of alkyl carbamates (subject to hydrolysis) is 1. The minimum atomic E-state index is -0.583. The van der Waals surface area contributed by atoms with Crippen LogP contribution < -0.4 is 10.1 Å². The van der Waals surface area contributed by atoms with Crippen LogP contribution in [0.15, 0.2) is 29.4 Å². The van der Waals surface area contributed by atoms with Crippen LogP contribution in [0.1, 0.15) is 33.3 Å². The normalized spacial score (nSPS) is 13.5. The van der Waals surface area contributed by atoms with Crippen LogP contribution >= 0.6 is 0 Å². The first-order valence-corrected chi connectivity index (χ1v) is 6.62. The summed E-state index contributed by atoms with van der Waals surface area (Å²) >= 11 is 0. The molecule has 116 valence electrons. The number of amides is 1.